The molecule has 5 heteroatoms. The Bertz CT molecular complexity index is 1310. The van der Waals surface area contributed by atoms with Gasteiger partial charge in [0.25, 0.3) is 0 Å². The van der Waals surface area contributed by atoms with E-state index in [-0.39, 0.29) is 19.8 Å². The van der Waals surface area contributed by atoms with E-state index in [1.165, 1.54) is 6.08 Å². The Labute approximate surface area is 249 Å². The first-order valence-electron chi connectivity index (χ1n) is 14.2. The number of ether oxygens (including phenoxy) is 4. The highest BCUT2D eigenvalue weighted by Gasteiger charge is 2.44. The molecule has 0 bridgehead atoms. The molecule has 2 unspecified atom stereocenters. The lowest BCUT2D eigenvalue weighted by atomic mass is 9.90. The fourth-order valence-corrected chi connectivity index (χ4v) is 4.63. The molecule has 0 saturated heterocycles. The average Bonchev–Trinajstić information content (AvgIpc) is 3.05. The van der Waals surface area contributed by atoms with Gasteiger partial charge in [-0.3, -0.25) is 0 Å². The number of benzene rings is 4. The SMILES string of the molecule is C=CC(OCc1ccccc1)[C@H](OCc1ccccc1)[C@H](OCc1ccccc1)C(O)(C=C)COCc1ccccc1. The quantitative estimate of drug-likeness (QED) is 0.131. The molecule has 0 spiro atoms. The van der Waals surface area contributed by atoms with E-state index in [1.807, 2.05) is 121 Å². The first-order valence-corrected chi connectivity index (χ1v) is 14.2. The average molecular weight is 565 g/mol. The molecule has 0 aliphatic carbocycles. The van der Waals surface area contributed by atoms with E-state index in [9.17, 15) is 5.11 Å². The van der Waals surface area contributed by atoms with Crippen LogP contribution in [0.1, 0.15) is 22.3 Å². The summed E-state index contributed by atoms with van der Waals surface area (Å²) in [6, 6.07) is 39.4. The van der Waals surface area contributed by atoms with Gasteiger partial charge in [-0.1, -0.05) is 133 Å². The molecule has 218 valence electrons. The van der Waals surface area contributed by atoms with Crippen LogP contribution in [0.15, 0.2) is 147 Å². The Morgan fingerprint density at radius 2 is 0.976 bits per heavy atom. The van der Waals surface area contributed by atoms with Crippen LogP contribution in [0.3, 0.4) is 0 Å². The van der Waals surface area contributed by atoms with Crippen molar-refractivity contribution in [1.82, 2.24) is 0 Å². The Kier molecular flexibility index (Phi) is 12.3. The molecule has 0 saturated carbocycles. The maximum Gasteiger partial charge on any atom is 0.134 e. The molecule has 0 fully saturated rings. The molecule has 4 rings (SSSR count). The largest absolute Gasteiger partial charge is 0.381 e. The third kappa shape index (κ3) is 9.35. The van der Waals surface area contributed by atoms with Crippen LogP contribution in [0.2, 0.25) is 0 Å². The second kappa shape index (κ2) is 16.6. The van der Waals surface area contributed by atoms with Crippen molar-refractivity contribution >= 4 is 0 Å². The molecular formula is C37H40O5. The predicted octanol–water partition coefficient (Wildman–Crippen LogP) is 7.06. The van der Waals surface area contributed by atoms with Crippen molar-refractivity contribution in [2.45, 2.75) is 50.3 Å². The highest BCUT2D eigenvalue weighted by molar-refractivity contribution is 5.18. The molecule has 5 nitrogen and oxygen atoms in total. The molecule has 4 aromatic rings. The van der Waals surface area contributed by atoms with Crippen LogP contribution in [0, 0.1) is 0 Å². The van der Waals surface area contributed by atoms with Gasteiger partial charge in [0.15, 0.2) is 0 Å². The predicted molar refractivity (Wildman–Crippen MR) is 166 cm³/mol. The van der Waals surface area contributed by atoms with Crippen LogP contribution < -0.4 is 0 Å². The summed E-state index contributed by atoms with van der Waals surface area (Å²) < 4.78 is 25.5. The molecule has 1 N–H and O–H groups in total. The van der Waals surface area contributed by atoms with Crippen LogP contribution in [0.5, 0.6) is 0 Å². The van der Waals surface area contributed by atoms with Crippen molar-refractivity contribution in [2.75, 3.05) is 6.61 Å². The summed E-state index contributed by atoms with van der Waals surface area (Å²) in [4.78, 5) is 0. The van der Waals surface area contributed by atoms with Crippen LogP contribution in [0.25, 0.3) is 0 Å². The number of hydrogen-bond acceptors (Lipinski definition) is 5. The maximum absolute atomic E-state index is 12.1. The standard InChI is InChI=1S/C37H40O5/c1-3-34(40-26-31-19-11-6-12-20-31)35(41-27-32-21-13-7-14-22-32)36(42-28-33-23-15-8-16-24-33)37(38,4-2)29-39-25-30-17-9-5-10-18-30/h3-24,34-36,38H,1-2,25-29H2/t34?,35-,36-,37?/m0/s1. The second-order valence-electron chi connectivity index (χ2n) is 10.1. The normalized spacial score (nSPS) is 14.8. The molecule has 0 aliphatic rings. The third-order valence-electron chi connectivity index (χ3n) is 6.99. The minimum Gasteiger partial charge on any atom is -0.381 e. The van der Waals surface area contributed by atoms with E-state index in [1.54, 1.807) is 6.08 Å². The summed E-state index contributed by atoms with van der Waals surface area (Å²) in [7, 11) is 0. The topological polar surface area (TPSA) is 57.2 Å². The zero-order chi connectivity index (χ0) is 29.5. The van der Waals surface area contributed by atoms with Crippen molar-refractivity contribution in [3.05, 3.63) is 169 Å². The van der Waals surface area contributed by atoms with Crippen LogP contribution in [0.4, 0.5) is 0 Å². The molecule has 0 amide bonds. The lowest BCUT2D eigenvalue weighted by molar-refractivity contribution is -0.201. The van der Waals surface area contributed by atoms with Gasteiger partial charge in [-0.2, -0.15) is 0 Å². The van der Waals surface area contributed by atoms with Crippen molar-refractivity contribution in [1.29, 1.82) is 0 Å². The van der Waals surface area contributed by atoms with Gasteiger partial charge in [-0.25, -0.2) is 0 Å². The van der Waals surface area contributed by atoms with Gasteiger partial charge < -0.3 is 24.1 Å². The van der Waals surface area contributed by atoms with Crippen LogP contribution in [-0.2, 0) is 45.4 Å². The van der Waals surface area contributed by atoms with Gasteiger partial charge >= 0.3 is 0 Å². The summed E-state index contributed by atoms with van der Waals surface area (Å²) in [5, 5.41) is 12.1. The highest BCUT2D eigenvalue weighted by Crippen LogP contribution is 2.28. The van der Waals surface area contributed by atoms with E-state index in [0.717, 1.165) is 22.3 Å². The Morgan fingerprint density at radius 1 is 0.571 bits per heavy atom. The third-order valence-corrected chi connectivity index (χ3v) is 6.99. The second-order valence-corrected chi connectivity index (χ2v) is 10.1. The lowest BCUT2D eigenvalue weighted by Gasteiger charge is -2.40. The van der Waals surface area contributed by atoms with E-state index in [0.29, 0.717) is 13.2 Å². The minimum absolute atomic E-state index is 0.0569. The van der Waals surface area contributed by atoms with Gasteiger partial charge in [0.2, 0.25) is 0 Å². The highest BCUT2D eigenvalue weighted by atomic mass is 16.6. The van der Waals surface area contributed by atoms with Gasteiger partial charge in [0.1, 0.15) is 23.9 Å². The summed E-state index contributed by atoms with van der Waals surface area (Å²) >= 11 is 0. The maximum atomic E-state index is 12.1. The molecule has 0 aliphatic heterocycles. The van der Waals surface area contributed by atoms with Gasteiger partial charge in [-0.15, -0.1) is 13.2 Å². The summed E-state index contributed by atoms with van der Waals surface area (Å²) in [6.07, 6.45) is 0.901. The first kappa shape index (κ1) is 31.1. The fourth-order valence-electron chi connectivity index (χ4n) is 4.63. The van der Waals surface area contributed by atoms with Crippen molar-refractivity contribution < 1.29 is 24.1 Å². The van der Waals surface area contributed by atoms with Gasteiger partial charge in [0, 0.05) is 0 Å². The lowest BCUT2D eigenvalue weighted by Crippen LogP contribution is -2.56. The van der Waals surface area contributed by atoms with Crippen molar-refractivity contribution in [3.63, 3.8) is 0 Å². The molecule has 0 radical (unpaired) electrons. The Balaban J connectivity index is 1.62. The summed E-state index contributed by atoms with van der Waals surface area (Å²) in [5.41, 5.74) is 2.34. The van der Waals surface area contributed by atoms with Crippen LogP contribution in [-0.4, -0.2) is 35.6 Å². The number of hydrogen-bond donors (Lipinski definition) is 1. The molecule has 0 heterocycles. The first-order chi connectivity index (χ1) is 20.6. The molecule has 4 aromatic carbocycles. The van der Waals surface area contributed by atoms with Crippen molar-refractivity contribution in [2.24, 2.45) is 0 Å². The number of aliphatic hydroxyl groups is 1. The molecule has 0 aromatic heterocycles. The molecule has 42 heavy (non-hydrogen) atoms. The van der Waals surface area contributed by atoms with Gasteiger partial charge in [0.05, 0.1) is 33.0 Å². The molecule has 4 atom stereocenters. The summed E-state index contributed by atoms with van der Waals surface area (Å²) in [5.74, 6) is 0. The minimum atomic E-state index is -1.61. The Morgan fingerprint density at radius 3 is 1.40 bits per heavy atom. The van der Waals surface area contributed by atoms with E-state index in [4.69, 9.17) is 18.9 Å². The number of rotatable bonds is 18. The van der Waals surface area contributed by atoms with E-state index < -0.39 is 23.9 Å². The van der Waals surface area contributed by atoms with E-state index in [2.05, 4.69) is 13.2 Å². The van der Waals surface area contributed by atoms with Crippen LogP contribution >= 0.6 is 0 Å². The monoisotopic (exact) mass is 564 g/mol. The Hall–Kier alpha value is -3.84. The van der Waals surface area contributed by atoms with Crippen molar-refractivity contribution in [3.8, 4) is 0 Å². The van der Waals surface area contributed by atoms with Gasteiger partial charge in [-0.05, 0) is 22.3 Å². The summed E-state index contributed by atoms with van der Waals surface area (Å²) in [6.45, 7) is 9.18. The fraction of sp³-hybridized carbons (Fsp3) is 0.243. The van der Waals surface area contributed by atoms with E-state index >= 15 is 0 Å². The zero-order valence-corrected chi connectivity index (χ0v) is 24.0. The smallest absolute Gasteiger partial charge is 0.134 e. The molecular weight excluding hydrogens is 524 g/mol. The zero-order valence-electron chi connectivity index (χ0n) is 24.0.